The fraction of sp³-hybridized carbons (Fsp3) is 0.933. The van der Waals surface area contributed by atoms with E-state index < -0.39 is 0 Å². The fourth-order valence-electron chi connectivity index (χ4n) is 3.74. The SMILES string of the molecule is CCCCCN=C1C[C@H]2CC[C@]1(C)C2(C)C. The number of unbranched alkanes of at least 4 members (excludes halogenated alkanes) is 2. The molecule has 1 nitrogen and oxygen atoms in total. The Bertz CT molecular complexity index is 290. The van der Waals surface area contributed by atoms with Crippen LogP contribution in [-0.2, 0) is 0 Å². The van der Waals surface area contributed by atoms with Crippen LogP contribution in [0.15, 0.2) is 4.99 Å². The highest BCUT2D eigenvalue weighted by Gasteiger charge is 2.59. The molecule has 2 rings (SSSR count). The first-order chi connectivity index (χ1) is 7.52. The maximum atomic E-state index is 4.93. The maximum Gasteiger partial charge on any atom is 0.0388 e. The van der Waals surface area contributed by atoms with Crippen molar-refractivity contribution in [1.82, 2.24) is 0 Å². The fourth-order valence-corrected chi connectivity index (χ4v) is 3.74. The second-order valence-electron chi connectivity index (χ2n) is 6.53. The van der Waals surface area contributed by atoms with Gasteiger partial charge in [-0.05, 0) is 37.0 Å². The van der Waals surface area contributed by atoms with Crippen molar-refractivity contribution in [3.05, 3.63) is 0 Å². The molecule has 0 spiro atoms. The summed E-state index contributed by atoms with van der Waals surface area (Å²) in [6.07, 6.45) is 8.00. The molecule has 2 atom stereocenters. The van der Waals surface area contributed by atoms with Crippen molar-refractivity contribution in [3.63, 3.8) is 0 Å². The molecule has 0 aromatic carbocycles. The third kappa shape index (κ3) is 1.63. The quantitative estimate of drug-likeness (QED) is 0.621. The second kappa shape index (κ2) is 4.16. The van der Waals surface area contributed by atoms with Crippen molar-refractivity contribution in [2.75, 3.05) is 6.54 Å². The summed E-state index contributed by atoms with van der Waals surface area (Å²) < 4.78 is 0. The second-order valence-corrected chi connectivity index (χ2v) is 6.53. The Morgan fingerprint density at radius 1 is 1.25 bits per heavy atom. The van der Waals surface area contributed by atoms with Crippen LogP contribution in [0.25, 0.3) is 0 Å². The summed E-state index contributed by atoms with van der Waals surface area (Å²) in [5, 5.41) is 0. The van der Waals surface area contributed by atoms with Crippen molar-refractivity contribution in [2.45, 2.75) is 66.2 Å². The summed E-state index contributed by atoms with van der Waals surface area (Å²) >= 11 is 0. The molecule has 1 heteroatoms. The molecule has 16 heavy (non-hydrogen) atoms. The molecule has 92 valence electrons. The molecule has 0 N–H and O–H groups in total. The monoisotopic (exact) mass is 221 g/mol. The molecule has 2 aliphatic carbocycles. The molecular formula is C15H27N. The standard InChI is InChI=1S/C15H27N/c1-5-6-7-10-16-13-11-12-8-9-15(13,4)14(12,2)3/h12H,5-11H2,1-4H3/t12-,15+/m1/s1. The zero-order valence-corrected chi connectivity index (χ0v) is 11.5. The summed E-state index contributed by atoms with van der Waals surface area (Å²) in [5.41, 5.74) is 2.46. The first kappa shape index (κ1) is 12.1. The van der Waals surface area contributed by atoms with Crippen LogP contribution >= 0.6 is 0 Å². The number of hydrogen-bond donors (Lipinski definition) is 0. The normalized spacial score (nSPS) is 38.5. The first-order valence-electron chi connectivity index (χ1n) is 7.06. The molecule has 0 radical (unpaired) electrons. The molecule has 2 saturated carbocycles. The Morgan fingerprint density at radius 3 is 2.50 bits per heavy atom. The third-order valence-corrected chi connectivity index (χ3v) is 5.58. The number of fused-ring (bicyclic) bond motifs is 2. The Labute approximate surface area is 101 Å². The van der Waals surface area contributed by atoms with Crippen molar-refractivity contribution >= 4 is 5.71 Å². The van der Waals surface area contributed by atoms with Crippen LogP contribution in [0, 0.1) is 16.7 Å². The molecule has 0 amide bonds. The van der Waals surface area contributed by atoms with E-state index in [0.29, 0.717) is 10.8 Å². The van der Waals surface area contributed by atoms with Gasteiger partial charge in [-0.1, -0.05) is 40.5 Å². The lowest BCUT2D eigenvalue weighted by molar-refractivity contribution is 0.194. The average molecular weight is 221 g/mol. The Morgan fingerprint density at radius 2 is 2.00 bits per heavy atom. The van der Waals surface area contributed by atoms with Crippen LogP contribution in [0.5, 0.6) is 0 Å². The lowest BCUT2D eigenvalue weighted by Gasteiger charge is -2.34. The molecular weight excluding hydrogens is 194 g/mol. The summed E-state index contributed by atoms with van der Waals surface area (Å²) in [4.78, 5) is 4.93. The van der Waals surface area contributed by atoms with Crippen molar-refractivity contribution < 1.29 is 0 Å². The van der Waals surface area contributed by atoms with Gasteiger partial charge in [-0.15, -0.1) is 0 Å². The van der Waals surface area contributed by atoms with Crippen LogP contribution in [0.3, 0.4) is 0 Å². The van der Waals surface area contributed by atoms with Gasteiger partial charge in [-0.3, -0.25) is 4.99 Å². The Kier molecular flexibility index (Phi) is 3.16. The van der Waals surface area contributed by atoms with E-state index in [-0.39, 0.29) is 0 Å². The largest absolute Gasteiger partial charge is 0.294 e. The van der Waals surface area contributed by atoms with E-state index >= 15 is 0 Å². The van der Waals surface area contributed by atoms with Gasteiger partial charge in [0.1, 0.15) is 0 Å². The molecule has 0 aromatic rings. The minimum Gasteiger partial charge on any atom is -0.294 e. The highest BCUT2D eigenvalue weighted by Crippen LogP contribution is 2.63. The van der Waals surface area contributed by atoms with E-state index in [9.17, 15) is 0 Å². The van der Waals surface area contributed by atoms with E-state index in [0.717, 1.165) is 12.5 Å². The highest BCUT2D eigenvalue weighted by molar-refractivity contribution is 5.94. The predicted molar refractivity (Wildman–Crippen MR) is 71.1 cm³/mol. The van der Waals surface area contributed by atoms with Crippen LogP contribution in [0.2, 0.25) is 0 Å². The molecule has 0 aromatic heterocycles. The third-order valence-electron chi connectivity index (χ3n) is 5.58. The zero-order chi connectivity index (χ0) is 11.8. The van der Waals surface area contributed by atoms with Crippen molar-refractivity contribution in [3.8, 4) is 0 Å². The number of rotatable bonds is 4. The summed E-state index contributed by atoms with van der Waals surface area (Å²) in [6, 6.07) is 0. The number of hydrogen-bond acceptors (Lipinski definition) is 1. The summed E-state index contributed by atoms with van der Waals surface area (Å²) in [5.74, 6) is 0.905. The lowest BCUT2D eigenvalue weighted by Crippen LogP contribution is -2.32. The molecule has 2 fully saturated rings. The Hall–Kier alpha value is -0.330. The van der Waals surface area contributed by atoms with Gasteiger partial charge >= 0.3 is 0 Å². The van der Waals surface area contributed by atoms with Crippen LogP contribution in [0.1, 0.15) is 66.2 Å². The van der Waals surface area contributed by atoms with E-state index in [4.69, 9.17) is 4.99 Å². The number of aliphatic imine (C=N–C) groups is 1. The van der Waals surface area contributed by atoms with Gasteiger partial charge in [-0.25, -0.2) is 0 Å². The molecule has 0 saturated heterocycles. The highest BCUT2D eigenvalue weighted by atomic mass is 14.8. The van der Waals surface area contributed by atoms with Crippen molar-refractivity contribution in [1.29, 1.82) is 0 Å². The first-order valence-corrected chi connectivity index (χ1v) is 7.06. The summed E-state index contributed by atoms with van der Waals surface area (Å²) in [7, 11) is 0. The minimum absolute atomic E-state index is 0.421. The van der Waals surface area contributed by atoms with Crippen LogP contribution in [-0.4, -0.2) is 12.3 Å². The predicted octanol–water partition coefficient (Wildman–Crippen LogP) is 4.46. The van der Waals surface area contributed by atoms with Gasteiger partial charge in [0.05, 0.1) is 0 Å². The van der Waals surface area contributed by atoms with Gasteiger partial charge < -0.3 is 0 Å². The topological polar surface area (TPSA) is 12.4 Å². The van der Waals surface area contributed by atoms with E-state index in [1.807, 2.05) is 0 Å². The molecule has 2 aliphatic rings. The maximum absolute atomic E-state index is 4.93. The number of nitrogens with zero attached hydrogens (tertiary/aromatic N) is 1. The molecule has 0 unspecified atom stereocenters. The molecule has 0 heterocycles. The van der Waals surface area contributed by atoms with Gasteiger partial charge in [0, 0.05) is 17.7 Å². The molecule has 0 aliphatic heterocycles. The van der Waals surface area contributed by atoms with E-state index in [2.05, 4.69) is 27.7 Å². The summed E-state index contributed by atoms with van der Waals surface area (Å²) in [6.45, 7) is 10.7. The van der Waals surface area contributed by atoms with Crippen LogP contribution in [0.4, 0.5) is 0 Å². The minimum atomic E-state index is 0.421. The molecule has 2 bridgehead atoms. The van der Waals surface area contributed by atoms with Gasteiger partial charge in [0.25, 0.3) is 0 Å². The van der Waals surface area contributed by atoms with Gasteiger partial charge in [-0.2, -0.15) is 0 Å². The van der Waals surface area contributed by atoms with E-state index in [1.54, 1.807) is 5.71 Å². The van der Waals surface area contributed by atoms with E-state index in [1.165, 1.54) is 38.5 Å². The lowest BCUT2D eigenvalue weighted by atomic mass is 9.70. The Balaban J connectivity index is 2.04. The average Bonchev–Trinajstić information content (AvgIpc) is 2.57. The smallest absolute Gasteiger partial charge is 0.0388 e. The van der Waals surface area contributed by atoms with Crippen molar-refractivity contribution in [2.24, 2.45) is 21.7 Å². The van der Waals surface area contributed by atoms with Gasteiger partial charge in [0.15, 0.2) is 0 Å². The van der Waals surface area contributed by atoms with Gasteiger partial charge in [0.2, 0.25) is 0 Å². The zero-order valence-electron chi connectivity index (χ0n) is 11.5. The van der Waals surface area contributed by atoms with Crippen LogP contribution < -0.4 is 0 Å².